The first-order valence-electron chi connectivity index (χ1n) is 6.48. The predicted molar refractivity (Wildman–Crippen MR) is 72.5 cm³/mol. The molecule has 0 aromatic heterocycles. The van der Waals surface area contributed by atoms with Crippen molar-refractivity contribution in [3.63, 3.8) is 0 Å². The van der Waals surface area contributed by atoms with Gasteiger partial charge in [-0.2, -0.15) is 0 Å². The fourth-order valence-corrected chi connectivity index (χ4v) is 2.35. The minimum atomic E-state index is -0.989. The third kappa shape index (κ3) is 3.47. The lowest BCUT2D eigenvalue weighted by Crippen LogP contribution is -2.36. The molecule has 19 heavy (non-hydrogen) atoms. The first-order chi connectivity index (χ1) is 9.06. The third-order valence-electron chi connectivity index (χ3n) is 3.42. The largest absolute Gasteiger partial charge is 0.478 e. The number of carbonyl (C=O) groups excluding carboxylic acids is 1. The van der Waals surface area contributed by atoms with Gasteiger partial charge in [0.25, 0.3) is 0 Å². The molecule has 0 bridgehead atoms. The first kappa shape index (κ1) is 13.4. The van der Waals surface area contributed by atoms with Crippen LogP contribution in [0.25, 0.3) is 0 Å². The maximum absolute atomic E-state index is 11.8. The molecule has 1 saturated carbocycles. The smallest absolute Gasteiger partial charge is 0.336 e. The molecule has 3 N–H and O–H groups in total. The number of rotatable bonds is 3. The van der Waals surface area contributed by atoms with E-state index in [1.165, 1.54) is 6.07 Å². The van der Waals surface area contributed by atoms with Crippen molar-refractivity contribution in [3.8, 4) is 0 Å². The van der Waals surface area contributed by atoms with E-state index >= 15 is 0 Å². The molecule has 1 aliphatic carbocycles. The van der Waals surface area contributed by atoms with Crippen molar-refractivity contribution in [2.24, 2.45) is 0 Å². The molecule has 5 nitrogen and oxygen atoms in total. The summed E-state index contributed by atoms with van der Waals surface area (Å²) in [5.41, 5.74) is 1.38. The van der Waals surface area contributed by atoms with Gasteiger partial charge in [0, 0.05) is 11.7 Å². The predicted octanol–water partition coefficient (Wildman–Crippen LogP) is 2.76. The Morgan fingerprint density at radius 3 is 2.58 bits per heavy atom. The molecule has 0 radical (unpaired) electrons. The third-order valence-corrected chi connectivity index (χ3v) is 3.42. The first-order valence-corrected chi connectivity index (χ1v) is 6.48. The van der Waals surface area contributed by atoms with Gasteiger partial charge in [-0.25, -0.2) is 9.59 Å². The summed E-state index contributed by atoms with van der Waals surface area (Å²) in [5, 5.41) is 14.6. The van der Waals surface area contributed by atoms with E-state index in [9.17, 15) is 9.59 Å². The van der Waals surface area contributed by atoms with E-state index in [1.807, 2.05) is 0 Å². The van der Waals surface area contributed by atoms with Crippen LogP contribution in [0.4, 0.5) is 10.5 Å². The number of hydrogen-bond acceptors (Lipinski definition) is 2. The van der Waals surface area contributed by atoms with Crippen LogP contribution in [0.3, 0.4) is 0 Å². The number of amides is 2. The molecule has 0 spiro atoms. The van der Waals surface area contributed by atoms with Gasteiger partial charge in [-0.15, -0.1) is 0 Å². The average molecular weight is 262 g/mol. The zero-order valence-corrected chi connectivity index (χ0v) is 10.9. The second-order valence-corrected chi connectivity index (χ2v) is 4.91. The SMILES string of the molecule is Cc1ccc(NC(=O)NC2CCCC2)cc1C(=O)O. The number of nitrogens with one attached hydrogen (secondary N) is 2. The van der Waals surface area contributed by atoms with E-state index in [0.29, 0.717) is 11.3 Å². The second kappa shape index (κ2) is 5.73. The Bertz CT molecular complexity index is 493. The summed E-state index contributed by atoms with van der Waals surface area (Å²) in [5.74, 6) is -0.989. The Hall–Kier alpha value is -2.04. The van der Waals surface area contributed by atoms with Gasteiger partial charge in [-0.05, 0) is 37.5 Å². The molecule has 1 aliphatic rings. The summed E-state index contributed by atoms with van der Waals surface area (Å²) >= 11 is 0. The molecule has 0 saturated heterocycles. The van der Waals surface area contributed by atoms with E-state index in [0.717, 1.165) is 25.7 Å². The van der Waals surface area contributed by atoms with Gasteiger partial charge in [-0.3, -0.25) is 0 Å². The lowest BCUT2D eigenvalue weighted by molar-refractivity contribution is 0.0696. The highest BCUT2D eigenvalue weighted by Gasteiger charge is 2.17. The van der Waals surface area contributed by atoms with Crippen LogP contribution in [0.2, 0.25) is 0 Å². The Kier molecular flexibility index (Phi) is 4.04. The summed E-state index contributed by atoms with van der Waals surface area (Å²) in [6.45, 7) is 1.73. The van der Waals surface area contributed by atoms with Crippen molar-refractivity contribution in [1.82, 2.24) is 5.32 Å². The van der Waals surface area contributed by atoms with Crippen molar-refractivity contribution < 1.29 is 14.7 Å². The Morgan fingerprint density at radius 1 is 1.26 bits per heavy atom. The van der Waals surface area contributed by atoms with Gasteiger partial charge in [0.1, 0.15) is 0 Å². The van der Waals surface area contributed by atoms with Crippen LogP contribution in [0, 0.1) is 6.92 Å². The Labute approximate surface area is 112 Å². The standard InChI is InChI=1S/C14H18N2O3/c1-9-6-7-11(8-12(9)13(17)18)16-14(19)15-10-4-2-3-5-10/h6-8,10H,2-5H2,1H3,(H,17,18)(H2,15,16,19). The number of hydrogen-bond donors (Lipinski definition) is 3. The van der Waals surface area contributed by atoms with E-state index in [-0.39, 0.29) is 17.6 Å². The van der Waals surface area contributed by atoms with Crippen LogP contribution in [0.15, 0.2) is 18.2 Å². The molecule has 0 unspecified atom stereocenters. The van der Waals surface area contributed by atoms with Crippen LogP contribution in [-0.2, 0) is 0 Å². The topological polar surface area (TPSA) is 78.4 Å². The highest BCUT2D eigenvalue weighted by Crippen LogP contribution is 2.18. The molecular formula is C14H18N2O3. The lowest BCUT2D eigenvalue weighted by atomic mass is 10.1. The molecular weight excluding hydrogens is 244 g/mol. The van der Waals surface area contributed by atoms with Gasteiger partial charge in [-0.1, -0.05) is 18.9 Å². The lowest BCUT2D eigenvalue weighted by Gasteiger charge is -2.13. The number of carbonyl (C=O) groups is 2. The highest BCUT2D eigenvalue weighted by molar-refractivity contribution is 5.94. The van der Waals surface area contributed by atoms with Gasteiger partial charge in [0.15, 0.2) is 0 Å². The Balaban J connectivity index is 2.00. The van der Waals surface area contributed by atoms with Crippen molar-refractivity contribution in [2.45, 2.75) is 38.6 Å². The normalized spacial score (nSPS) is 15.2. The summed E-state index contributed by atoms with van der Waals surface area (Å²) in [4.78, 5) is 22.8. The van der Waals surface area contributed by atoms with Gasteiger partial charge in [0.05, 0.1) is 5.56 Å². The number of aryl methyl sites for hydroxylation is 1. The minimum Gasteiger partial charge on any atom is -0.478 e. The summed E-state index contributed by atoms with van der Waals surface area (Å²) in [6, 6.07) is 4.84. The average Bonchev–Trinajstić information content (AvgIpc) is 2.84. The van der Waals surface area contributed by atoms with E-state index in [2.05, 4.69) is 10.6 Å². The van der Waals surface area contributed by atoms with Crippen molar-refractivity contribution >= 4 is 17.7 Å². The quantitative estimate of drug-likeness (QED) is 0.783. The molecule has 0 heterocycles. The summed E-state index contributed by atoms with van der Waals surface area (Å²) in [7, 11) is 0. The minimum absolute atomic E-state index is 0.207. The maximum Gasteiger partial charge on any atom is 0.336 e. The number of benzene rings is 1. The zero-order chi connectivity index (χ0) is 13.8. The number of urea groups is 1. The highest BCUT2D eigenvalue weighted by atomic mass is 16.4. The van der Waals surface area contributed by atoms with E-state index < -0.39 is 5.97 Å². The maximum atomic E-state index is 11.8. The Morgan fingerprint density at radius 2 is 1.95 bits per heavy atom. The fraction of sp³-hybridized carbons (Fsp3) is 0.429. The van der Waals surface area contributed by atoms with E-state index in [4.69, 9.17) is 5.11 Å². The second-order valence-electron chi connectivity index (χ2n) is 4.91. The van der Waals surface area contributed by atoms with Gasteiger partial charge >= 0.3 is 12.0 Å². The molecule has 2 amide bonds. The molecule has 1 fully saturated rings. The molecule has 1 aromatic carbocycles. The summed E-state index contributed by atoms with van der Waals surface area (Å²) < 4.78 is 0. The van der Waals surface area contributed by atoms with Crippen LogP contribution < -0.4 is 10.6 Å². The number of aromatic carboxylic acids is 1. The number of anilines is 1. The van der Waals surface area contributed by atoms with Crippen molar-refractivity contribution in [1.29, 1.82) is 0 Å². The van der Waals surface area contributed by atoms with Gasteiger partial charge in [0.2, 0.25) is 0 Å². The molecule has 0 atom stereocenters. The van der Waals surface area contributed by atoms with E-state index in [1.54, 1.807) is 19.1 Å². The van der Waals surface area contributed by atoms with Crippen LogP contribution in [0.5, 0.6) is 0 Å². The molecule has 5 heteroatoms. The van der Waals surface area contributed by atoms with Gasteiger partial charge < -0.3 is 15.7 Å². The fourth-order valence-electron chi connectivity index (χ4n) is 2.35. The van der Waals surface area contributed by atoms with Crippen LogP contribution >= 0.6 is 0 Å². The molecule has 102 valence electrons. The number of carboxylic acid groups (broad SMARTS) is 1. The molecule has 2 rings (SSSR count). The van der Waals surface area contributed by atoms with Crippen molar-refractivity contribution in [3.05, 3.63) is 29.3 Å². The molecule has 0 aliphatic heterocycles. The van der Waals surface area contributed by atoms with Crippen LogP contribution in [-0.4, -0.2) is 23.1 Å². The van der Waals surface area contributed by atoms with Crippen molar-refractivity contribution in [2.75, 3.05) is 5.32 Å². The molecule has 1 aromatic rings. The number of carboxylic acids is 1. The monoisotopic (exact) mass is 262 g/mol. The summed E-state index contributed by atoms with van der Waals surface area (Å²) in [6.07, 6.45) is 4.33. The zero-order valence-electron chi connectivity index (χ0n) is 10.9. The van der Waals surface area contributed by atoms with Crippen LogP contribution in [0.1, 0.15) is 41.6 Å².